The van der Waals surface area contributed by atoms with Gasteiger partial charge in [-0.1, -0.05) is 40.9 Å². The van der Waals surface area contributed by atoms with Crippen molar-refractivity contribution in [3.8, 4) is 11.3 Å². The van der Waals surface area contributed by atoms with Gasteiger partial charge in [-0.15, -0.1) is 0 Å². The van der Waals surface area contributed by atoms with Crippen molar-refractivity contribution in [2.24, 2.45) is 0 Å². The summed E-state index contributed by atoms with van der Waals surface area (Å²) in [4.78, 5) is 3.72. The lowest BCUT2D eigenvalue weighted by atomic mass is 10.1. The fraction of sp³-hybridized carbons (Fsp3) is 0. The van der Waals surface area contributed by atoms with E-state index in [0.29, 0.717) is 16.3 Å². The van der Waals surface area contributed by atoms with E-state index in [1.54, 1.807) is 24.3 Å². The summed E-state index contributed by atoms with van der Waals surface area (Å²) >= 11 is 17.7. The summed E-state index contributed by atoms with van der Waals surface area (Å²) in [5.41, 5.74) is 0.971. The summed E-state index contributed by atoms with van der Waals surface area (Å²) in [6, 6.07) is 7.70. The van der Waals surface area contributed by atoms with Gasteiger partial charge in [0.2, 0.25) is 5.95 Å². The molecule has 82 valence electrons. The van der Waals surface area contributed by atoms with Gasteiger partial charge in [0.15, 0.2) is 0 Å². The number of halogens is 4. The van der Waals surface area contributed by atoms with Gasteiger partial charge in [-0.25, -0.2) is 4.98 Å². The summed E-state index contributed by atoms with van der Waals surface area (Å²) in [6.45, 7) is 0. The predicted octanol–water partition coefficient (Wildman–Crippen LogP) is 4.85. The van der Waals surface area contributed by atoms with Crippen LogP contribution in [0, 0.1) is 5.95 Å². The molecule has 0 amide bonds. The average Bonchev–Trinajstić information content (AvgIpc) is 2.26. The fourth-order valence-electron chi connectivity index (χ4n) is 1.28. The minimum absolute atomic E-state index is 0.242. The Morgan fingerprint density at radius 2 is 1.69 bits per heavy atom. The Morgan fingerprint density at radius 3 is 2.38 bits per heavy atom. The van der Waals surface area contributed by atoms with Gasteiger partial charge < -0.3 is 0 Å². The van der Waals surface area contributed by atoms with Gasteiger partial charge in [0, 0.05) is 5.56 Å². The molecule has 0 fully saturated rings. The highest BCUT2D eigenvalue weighted by molar-refractivity contribution is 6.49. The van der Waals surface area contributed by atoms with E-state index in [-0.39, 0.29) is 10.0 Å². The van der Waals surface area contributed by atoms with Gasteiger partial charge in [-0.05, 0) is 24.3 Å². The molecule has 0 aliphatic heterocycles. The molecule has 1 heterocycles. The molecule has 16 heavy (non-hydrogen) atoms. The molecule has 0 radical (unpaired) electrons. The SMILES string of the molecule is Fc1cccc(-c2ccc(Cl)c(Cl)c2Cl)n1. The first-order valence-electron chi connectivity index (χ1n) is 4.36. The molecule has 0 saturated heterocycles. The Kier molecular flexibility index (Phi) is 3.33. The van der Waals surface area contributed by atoms with Gasteiger partial charge in [0.05, 0.1) is 20.8 Å². The molecule has 0 atom stereocenters. The Morgan fingerprint density at radius 1 is 0.938 bits per heavy atom. The smallest absolute Gasteiger partial charge is 0.213 e. The number of hydrogen-bond acceptors (Lipinski definition) is 1. The van der Waals surface area contributed by atoms with Crippen LogP contribution in [0.15, 0.2) is 30.3 Å². The third-order valence-electron chi connectivity index (χ3n) is 2.03. The minimum Gasteiger partial charge on any atom is -0.220 e. The van der Waals surface area contributed by atoms with Crippen LogP contribution in [0.5, 0.6) is 0 Å². The van der Waals surface area contributed by atoms with Crippen LogP contribution in [0.25, 0.3) is 11.3 Å². The lowest BCUT2D eigenvalue weighted by Crippen LogP contribution is -1.88. The van der Waals surface area contributed by atoms with Crippen LogP contribution in [0.2, 0.25) is 15.1 Å². The van der Waals surface area contributed by atoms with E-state index < -0.39 is 5.95 Å². The van der Waals surface area contributed by atoms with Crippen molar-refractivity contribution >= 4 is 34.8 Å². The number of pyridine rings is 1. The summed E-state index contributed by atoms with van der Waals surface area (Å²) in [7, 11) is 0. The van der Waals surface area contributed by atoms with E-state index in [2.05, 4.69) is 4.98 Å². The predicted molar refractivity (Wildman–Crippen MR) is 64.7 cm³/mol. The minimum atomic E-state index is -0.570. The van der Waals surface area contributed by atoms with Gasteiger partial charge in [-0.2, -0.15) is 4.39 Å². The Balaban J connectivity index is 2.61. The number of hydrogen-bond donors (Lipinski definition) is 0. The first-order valence-corrected chi connectivity index (χ1v) is 5.49. The molecule has 0 unspecified atom stereocenters. The average molecular weight is 277 g/mol. The molecule has 1 aromatic heterocycles. The van der Waals surface area contributed by atoms with Crippen LogP contribution >= 0.6 is 34.8 Å². The Labute approximate surface area is 107 Å². The lowest BCUT2D eigenvalue weighted by molar-refractivity contribution is 0.585. The van der Waals surface area contributed by atoms with Crippen molar-refractivity contribution in [1.29, 1.82) is 0 Å². The van der Waals surface area contributed by atoms with Gasteiger partial charge >= 0.3 is 0 Å². The van der Waals surface area contributed by atoms with E-state index >= 15 is 0 Å². The molecule has 0 saturated carbocycles. The van der Waals surface area contributed by atoms with Gasteiger partial charge in [0.25, 0.3) is 0 Å². The largest absolute Gasteiger partial charge is 0.220 e. The highest BCUT2D eigenvalue weighted by Gasteiger charge is 2.11. The van der Waals surface area contributed by atoms with Crippen molar-refractivity contribution in [1.82, 2.24) is 4.98 Å². The van der Waals surface area contributed by atoms with Crippen LogP contribution in [-0.4, -0.2) is 4.98 Å². The maximum absolute atomic E-state index is 13.0. The second-order valence-corrected chi connectivity index (χ2v) is 4.23. The normalized spacial score (nSPS) is 10.5. The maximum atomic E-state index is 13.0. The molecule has 1 aromatic carbocycles. The lowest BCUT2D eigenvalue weighted by Gasteiger charge is -2.06. The van der Waals surface area contributed by atoms with Crippen molar-refractivity contribution in [3.63, 3.8) is 0 Å². The monoisotopic (exact) mass is 275 g/mol. The molecule has 0 aliphatic carbocycles. The number of benzene rings is 1. The van der Waals surface area contributed by atoms with Crippen molar-refractivity contribution in [2.75, 3.05) is 0 Å². The van der Waals surface area contributed by atoms with E-state index in [9.17, 15) is 4.39 Å². The zero-order valence-corrected chi connectivity index (χ0v) is 10.1. The number of nitrogens with zero attached hydrogens (tertiary/aromatic N) is 1. The van der Waals surface area contributed by atoms with Crippen molar-refractivity contribution in [2.45, 2.75) is 0 Å². The zero-order valence-electron chi connectivity index (χ0n) is 7.85. The Bertz CT molecular complexity index is 543. The van der Waals surface area contributed by atoms with Crippen LogP contribution in [-0.2, 0) is 0 Å². The molecular weight excluding hydrogens is 271 g/mol. The second kappa shape index (κ2) is 4.58. The highest BCUT2D eigenvalue weighted by atomic mass is 35.5. The van der Waals surface area contributed by atoms with E-state index in [4.69, 9.17) is 34.8 Å². The molecule has 5 heteroatoms. The van der Waals surface area contributed by atoms with Crippen LogP contribution in [0.3, 0.4) is 0 Å². The first kappa shape index (κ1) is 11.6. The number of aromatic nitrogens is 1. The molecule has 1 nitrogen and oxygen atoms in total. The van der Waals surface area contributed by atoms with E-state index in [1.165, 1.54) is 6.07 Å². The number of rotatable bonds is 1. The van der Waals surface area contributed by atoms with Crippen molar-refractivity contribution < 1.29 is 4.39 Å². The maximum Gasteiger partial charge on any atom is 0.213 e. The third kappa shape index (κ3) is 2.14. The van der Waals surface area contributed by atoms with Gasteiger partial charge in [-0.3, -0.25) is 0 Å². The second-order valence-electron chi connectivity index (χ2n) is 3.07. The third-order valence-corrected chi connectivity index (χ3v) is 3.32. The van der Waals surface area contributed by atoms with E-state index in [1.807, 2.05) is 0 Å². The first-order chi connectivity index (χ1) is 7.59. The quantitative estimate of drug-likeness (QED) is 0.536. The Hall–Kier alpha value is -0.830. The van der Waals surface area contributed by atoms with Gasteiger partial charge in [0.1, 0.15) is 0 Å². The topological polar surface area (TPSA) is 12.9 Å². The molecule has 0 spiro atoms. The molecule has 2 rings (SSSR count). The van der Waals surface area contributed by atoms with Crippen LogP contribution < -0.4 is 0 Å². The summed E-state index contributed by atoms with van der Waals surface area (Å²) in [5.74, 6) is -0.570. The van der Waals surface area contributed by atoms with E-state index in [0.717, 1.165) is 0 Å². The zero-order chi connectivity index (χ0) is 11.7. The fourth-order valence-corrected chi connectivity index (χ4v) is 1.91. The highest BCUT2D eigenvalue weighted by Crippen LogP contribution is 2.37. The molecule has 0 aliphatic rings. The molecule has 0 bridgehead atoms. The standard InChI is InChI=1S/C11H5Cl3FN/c12-7-5-4-6(10(13)11(7)14)8-2-1-3-9(15)16-8/h1-5H. The summed E-state index contributed by atoms with van der Waals surface area (Å²) in [5, 5.41) is 0.867. The van der Waals surface area contributed by atoms with Crippen LogP contribution in [0.4, 0.5) is 4.39 Å². The molecule has 0 N–H and O–H groups in total. The van der Waals surface area contributed by atoms with Crippen LogP contribution in [0.1, 0.15) is 0 Å². The van der Waals surface area contributed by atoms with Crippen molar-refractivity contribution in [3.05, 3.63) is 51.3 Å². The summed E-state index contributed by atoms with van der Waals surface area (Å²) < 4.78 is 13.0. The molecule has 2 aromatic rings. The molecular formula is C11H5Cl3FN. The summed E-state index contributed by atoms with van der Waals surface area (Å²) in [6.07, 6.45) is 0.